The second-order valence-corrected chi connectivity index (χ2v) is 7.92. The Morgan fingerprint density at radius 3 is 2.52 bits per heavy atom. The molecule has 2 aromatic rings. The minimum atomic E-state index is -3.35. The fourth-order valence-corrected chi connectivity index (χ4v) is 3.34. The van der Waals surface area contributed by atoms with Crippen LogP contribution in [0.15, 0.2) is 53.4 Å². The summed E-state index contributed by atoms with van der Waals surface area (Å²) < 4.78 is 28.6. The molecule has 2 aromatic carbocycles. The fourth-order valence-electron chi connectivity index (χ4n) is 2.67. The Hall–Kier alpha value is -2.38. The number of rotatable bonds is 4. The minimum Gasteiger partial charge on any atom is -0.378 e. The predicted molar refractivity (Wildman–Crippen MR) is 97.0 cm³/mol. The molecule has 1 aliphatic rings. The number of sulfone groups is 1. The molecule has 132 valence electrons. The SMILES string of the molecule is CS(=O)(=O)c1cccc(C(=O)Nc2cccc(N3CCOCC3)c2)c1. The molecular weight excluding hydrogens is 340 g/mol. The third-order valence-corrected chi connectivity index (χ3v) is 5.11. The van der Waals surface area contributed by atoms with E-state index in [9.17, 15) is 13.2 Å². The number of amides is 1. The Morgan fingerprint density at radius 2 is 1.80 bits per heavy atom. The largest absolute Gasteiger partial charge is 0.378 e. The Kier molecular flexibility index (Phi) is 5.06. The van der Waals surface area contributed by atoms with E-state index in [1.54, 1.807) is 12.1 Å². The van der Waals surface area contributed by atoms with E-state index < -0.39 is 9.84 Å². The lowest BCUT2D eigenvalue weighted by molar-refractivity contribution is 0.102. The summed E-state index contributed by atoms with van der Waals surface area (Å²) in [5.74, 6) is -0.343. The van der Waals surface area contributed by atoms with E-state index in [2.05, 4.69) is 10.2 Å². The van der Waals surface area contributed by atoms with Gasteiger partial charge in [0.15, 0.2) is 9.84 Å². The quantitative estimate of drug-likeness (QED) is 0.904. The molecule has 0 spiro atoms. The van der Waals surface area contributed by atoms with Crippen LogP contribution in [0.5, 0.6) is 0 Å². The van der Waals surface area contributed by atoms with Crippen LogP contribution in [0.3, 0.4) is 0 Å². The number of ether oxygens (including phenoxy) is 1. The topological polar surface area (TPSA) is 75.7 Å². The second kappa shape index (κ2) is 7.25. The molecule has 0 aromatic heterocycles. The highest BCUT2D eigenvalue weighted by atomic mass is 32.2. The summed E-state index contributed by atoms with van der Waals surface area (Å²) in [6.45, 7) is 3.01. The number of nitrogens with zero attached hydrogens (tertiary/aromatic N) is 1. The zero-order valence-corrected chi connectivity index (χ0v) is 14.8. The van der Waals surface area contributed by atoms with E-state index in [1.165, 1.54) is 12.1 Å². The highest BCUT2D eigenvalue weighted by Crippen LogP contribution is 2.21. The molecule has 6 nitrogen and oxygen atoms in total. The van der Waals surface area contributed by atoms with Gasteiger partial charge in [0.2, 0.25) is 0 Å². The van der Waals surface area contributed by atoms with Gasteiger partial charge in [0, 0.05) is 36.3 Å². The molecule has 1 aliphatic heterocycles. The van der Waals surface area contributed by atoms with Crippen molar-refractivity contribution in [2.75, 3.05) is 42.8 Å². The number of hydrogen-bond donors (Lipinski definition) is 1. The summed E-state index contributed by atoms with van der Waals surface area (Å²) in [5.41, 5.74) is 1.99. The van der Waals surface area contributed by atoms with Crippen molar-refractivity contribution in [3.05, 3.63) is 54.1 Å². The molecule has 7 heteroatoms. The van der Waals surface area contributed by atoms with Gasteiger partial charge >= 0.3 is 0 Å². The molecule has 0 atom stereocenters. The van der Waals surface area contributed by atoms with Gasteiger partial charge in [-0.15, -0.1) is 0 Å². The summed E-state index contributed by atoms with van der Waals surface area (Å²) in [6, 6.07) is 13.6. The lowest BCUT2D eigenvalue weighted by atomic mass is 10.2. The van der Waals surface area contributed by atoms with Crippen molar-refractivity contribution >= 4 is 27.1 Å². The number of benzene rings is 2. The van der Waals surface area contributed by atoms with Crippen molar-refractivity contribution < 1.29 is 17.9 Å². The molecule has 25 heavy (non-hydrogen) atoms. The van der Waals surface area contributed by atoms with Crippen LogP contribution in [0.4, 0.5) is 11.4 Å². The van der Waals surface area contributed by atoms with Gasteiger partial charge < -0.3 is 15.0 Å². The lowest BCUT2D eigenvalue weighted by Crippen LogP contribution is -2.36. The summed E-state index contributed by atoms with van der Waals surface area (Å²) in [4.78, 5) is 14.8. The molecule has 0 saturated carbocycles. The standard InChI is InChI=1S/C18H20N2O4S/c1-25(22,23)17-7-2-4-14(12-17)18(21)19-15-5-3-6-16(13-15)20-8-10-24-11-9-20/h2-7,12-13H,8-11H2,1H3,(H,19,21). The Bertz CT molecular complexity index is 874. The highest BCUT2D eigenvalue weighted by molar-refractivity contribution is 7.90. The van der Waals surface area contributed by atoms with E-state index in [4.69, 9.17) is 4.74 Å². The number of carbonyl (C=O) groups excluding carboxylic acids is 1. The fraction of sp³-hybridized carbons (Fsp3) is 0.278. The van der Waals surface area contributed by atoms with Gasteiger partial charge in [0.25, 0.3) is 5.91 Å². The predicted octanol–water partition coefficient (Wildman–Crippen LogP) is 2.18. The van der Waals surface area contributed by atoms with Gasteiger partial charge in [0.1, 0.15) is 0 Å². The van der Waals surface area contributed by atoms with E-state index in [0.29, 0.717) is 24.5 Å². The minimum absolute atomic E-state index is 0.127. The van der Waals surface area contributed by atoms with Crippen LogP contribution in [0.1, 0.15) is 10.4 Å². The molecule has 1 saturated heterocycles. The van der Waals surface area contributed by atoms with Gasteiger partial charge in [-0.1, -0.05) is 12.1 Å². The van der Waals surface area contributed by atoms with Crippen LogP contribution in [-0.4, -0.2) is 46.9 Å². The average molecular weight is 360 g/mol. The Labute approximate surface area is 147 Å². The summed E-state index contributed by atoms with van der Waals surface area (Å²) in [6.07, 6.45) is 1.12. The van der Waals surface area contributed by atoms with Crippen LogP contribution in [-0.2, 0) is 14.6 Å². The summed E-state index contributed by atoms with van der Waals surface area (Å²) in [7, 11) is -3.35. The highest BCUT2D eigenvalue weighted by Gasteiger charge is 2.14. The van der Waals surface area contributed by atoms with Gasteiger partial charge in [0.05, 0.1) is 18.1 Å². The first kappa shape index (κ1) is 17.4. The molecule has 1 fully saturated rings. The molecule has 0 radical (unpaired) electrons. The third-order valence-electron chi connectivity index (χ3n) is 4.00. The summed E-state index contributed by atoms with van der Waals surface area (Å²) >= 11 is 0. The first-order valence-corrected chi connectivity index (χ1v) is 9.87. The van der Waals surface area contributed by atoms with Crippen molar-refractivity contribution in [1.29, 1.82) is 0 Å². The Balaban J connectivity index is 1.77. The molecule has 1 amide bonds. The van der Waals surface area contributed by atoms with Crippen molar-refractivity contribution in [1.82, 2.24) is 0 Å². The van der Waals surface area contributed by atoms with Crippen LogP contribution in [0.25, 0.3) is 0 Å². The number of hydrogen-bond acceptors (Lipinski definition) is 5. The maximum absolute atomic E-state index is 12.4. The zero-order valence-electron chi connectivity index (χ0n) is 13.9. The second-order valence-electron chi connectivity index (χ2n) is 5.90. The number of anilines is 2. The molecule has 1 N–H and O–H groups in total. The van der Waals surface area contributed by atoms with Crippen LogP contribution < -0.4 is 10.2 Å². The van der Waals surface area contributed by atoms with Gasteiger partial charge in [-0.2, -0.15) is 0 Å². The van der Waals surface area contributed by atoms with Gasteiger partial charge in [-0.25, -0.2) is 8.42 Å². The smallest absolute Gasteiger partial charge is 0.255 e. The zero-order chi connectivity index (χ0) is 17.9. The third kappa shape index (κ3) is 4.37. The normalized spacial score (nSPS) is 15.0. The maximum Gasteiger partial charge on any atom is 0.255 e. The van der Waals surface area contributed by atoms with Crippen molar-refractivity contribution in [3.63, 3.8) is 0 Å². The van der Waals surface area contributed by atoms with Crippen molar-refractivity contribution in [2.45, 2.75) is 4.90 Å². The monoisotopic (exact) mass is 360 g/mol. The number of nitrogens with one attached hydrogen (secondary N) is 1. The van der Waals surface area contributed by atoms with Crippen LogP contribution in [0.2, 0.25) is 0 Å². The first-order valence-electron chi connectivity index (χ1n) is 7.98. The van der Waals surface area contributed by atoms with E-state index in [-0.39, 0.29) is 10.8 Å². The van der Waals surface area contributed by atoms with E-state index >= 15 is 0 Å². The molecule has 0 aliphatic carbocycles. The average Bonchev–Trinajstić information content (AvgIpc) is 2.62. The maximum atomic E-state index is 12.4. The van der Waals surface area contributed by atoms with Gasteiger partial charge in [-0.05, 0) is 36.4 Å². The Morgan fingerprint density at radius 1 is 1.08 bits per heavy atom. The lowest BCUT2D eigenvalue weighted by Gasteiger charge is -2.29. The molecule has 0 unspecified atom stereocenters. The number of carbonyl (C=O) groups is 1. The van der Waals surface area contributed by atoms with E-state index in [1.807, 2.05) is 24.3 Å². The van der Waals surface area contributed by atoms with Crippen molar-refractivity contribution in [3.8, 4) is 0 Å². The molecule has 1 heterocycles. The molecule has 3 rings (SSSR count). The summed E-state index contributed by atoms with van der Waals surface area (Å²) in [5, 5.41) is 2.82. The number of morpholine rings is 1. The van der Waals surface area contributed by atoms with E-state index in [0.717, 1.165) is 25.0 Å². The van der Waals surface area contributed by atoms with Crippen LogP contribution in [0, 0.1) is 0 Å². The van der Waals surface area contributed by atoms with Crippen molar-refractivity contribution in [2.24, 2.45) is 0 Å². The van der Waals surface area contributed by atoms with Crippen LogP contribution >= 0.6 is 0 Å². The van der Waals surface area contributed by atoms with Gasteiger partial charge in [-0.3, -0.25) is 4.79 Å². The molecular formula is C18H20N2O4S. The molecule has 0 bridgehead atoms. The first-order chi connectivity index (χ1) is 11.9.